The van der Waals surface area contributed by atoms with Gasteiger partial charge in [-0.05, 0) is 24.3 Å². The quantitative estimate of drug-likeness (QED) is 0.799. The topological polar surface area (TPSA) is 43.2 Å². The summed E-state index contributed by atoms with van der Waals surface area (Å²) in [5, 5.41) is 11.1. The Hall–Kier alpha value is -2.30. The lowest BCUT2D eigenvalue weighted by atomic mass is 10.3. The van der Waals surface area contributed by atoms with Gasteiger partial charge in [-0.3, -0.25) is 0 Å². The molecule has 0 bridgehead atoms. The average molecular weight is 259 g/mol. The van der Waals surface area contributed by atoms with E-state index < -0.39 is 0 Å². The Labute approximate surface area is 114 Å². The summed E-state index contributed by atoms with van der Waals surface area (Å²) in [6.45, 7) is 3.85. The van der Waals surface area contributed by atoms with Crippen molar-refractivity contribution in [3.63, 3.8) is 0 Å². The number of azo groups is 1. The van der Waals surface area contributed by atoms with Crippen LogP contribution in [-0.4, -0.2) is 33.1 Å². The first-order valence-electron chi connectivity index (χ1n) is 5.99. The van der Waals surface area contributed by atoms with Crippen LogP contribution in [0.2, 0.25) is 0 Å². The lowest BCUT2D eigenvalue weighted by Gasteiger charge is -2.12. The zero-order valence-corrected chi connectivity index (χ0v) is 12.0. The molecular formula is C14H21N5. The highest BCUT2D eigenvalue weighted by atomic mass is 15.3. The molecule has 0 aliphatic carbocycles. The maximum atomic E-state index is 4.15. The number of rotatable bonds is 6. The summed E-state index contributed by atoms with van der Waals surface area (Å²) < 4.78 is 0. The lowest BCUT2D eigenvalue weighted by molar-refractivity contribution is 0.553. The molecule has 5 heteroatoms. The first-order chi connectivity index (χ1) is 9.04. The SMILES string of the molecule is C=C(N=Nc1ccc(N(C)C)cc1)N(C)/C=C\NC. The fourth-order valence-electron chi connectivity index (χ4n) is 1.28. The highest BCUT2D eigenvalue weighted by molar-refractivity contribution is 5.51. The van der Waals surface area contributed by atoms with Crippen molar-refractivity contribution >= 4 is 11.4 Å². The minimum atomic E-state index is 0.572. The molecule has 0 saturated carbocycles. The van der Waals surface area contributed by atoms with Crippen LogP contribution in [0, 0.1) is 0 Å². The minimum absolute atomic E-state index is 0.572. The number of nitrogens with one attached hydrogen (secondary N) is 1. The molecule has 1 N–H and O–H groups in total. The Kier molecular flexibility index (Phi) is 5.60. The van der Waals surface area contributed by atoms with Gasteiger partial charge in [0.15, 0.2) is 0 Å². The second-order valence-electron chi connectivity index (χ2n) is 4.24. The van der Waals surface area contributed by atoms with Gasteiger partial charge in [-0.15, -0.1) is 10.2 Å². The molecule has 19 heavy (non-hydrogen) atoms. The molecule has 0 aliphatic heterocycles. The Morgan fingerprint density at radius 2 is 1.84 bits per heavy atom. The number of hydrogen-bond acceptors (Lipinski definition) is 5. The van der Waals surface area contributed by atoms with Crippen molar-refractivity contribution in [2.24, 2.45) is 10.2 Å². The Morgan fingerprint density at radius 1 is 1.21 bits per heavy atom. The molecule has 5 nitrogen and oxygen atoms in total. The van der Waals surface area contributed by atoms with Crippen LogP contribution in [0.15, 0.2) is 59.3 Å². The van der Waals surface area contributed by atoms with Crippen LogP contribution in [0.1, 0.15) is 0 Å². The minimum Gasteiger partial charge on any atom is -0.393 e. The molecule has 0 aromatic heterocycles. The van der Waals surface area contributed by atoms with Gasteiger partial charge in [-0.2, -0.15) is 0 Å². The summed E-state index contributed by atoms with van der Waals surface area (Å²) in [7, 11) is 7.70. The van der Waals surface area contributed by atoms with Crippen molar-refractivity contribution in [3.05, 3.63) is 49.1 Å². The van der Waals surface area contributed by atoms with Crippen molar-refractivity contribution in [1.82, 2.24) is 10.2 Å². The molecule has 0 radical (unpaired) electrons. The van der Waals surface area contributed by atoms with E-state index in [1.54, 1.807) is 11.1 Å². The zero-order chi connectivity index (χ0) is 14.3. The smallest absolute Gasteiger partial charge is 0.147 e. The fraction of sp³-hybridized carbons (Fsp3) is 0.286. The zero-order valence-electron chi connectivity index (χ0n) is 12.0. The predicted octanol–water partition coefficient (Wildman–Crippen LogP) is 2.93. The average Bonchev–Trinajstić information content (AvgIpc) is 2.42. The molecule has 1 aromatic carbocycles. The normalized spacial score (nSPS) is 10.9. The van der Waals surface area contributed by atoms with Crippen molar-refractivity contribution in [2.75, 3.05) is 33.1 Å². The molecule has 102 valence electrons. The highest BCUT2D eigenvalue weighted by Crippen LogP contribution is 2.19. The number of benzene rings is 1. The monoisotopic (exact) mass is 259 g/mol. The lowest BCUT2D eigenvalue weighted by Crippen LogP contribution is -2.08. The molecule has 0 heterocycles. The van der Waals surface area contributed by atoms with E-state index in [2.05, 4.69) is 22.1 Å². The van der Waals surface area contributed by atoms with Crippen LogP contribution in [-0.2, 0) is 0 Å². The van der Waals surface area contributed by atoms with Gasteiger partial charge in [0.05, 0.1) is 5.69 Å². The van der Waals surface area contributed by atoms with Gasteiger partial charge in [-0.25, -0.2) is 0 Å². The van der Waals surface area contributed by atoms with Gasteiger partial charge in [0.1, 0.15) is 5.82 Å². The van der Waals surface area contributed by atoms with Gasteiger partial charge in [0.2, 0.25) is 0 Å². The van der Waals surface area contributed by atoms with E-state index >= 15 is 0 Å². The number of nitrogens with zero attached hydrogens (tertiary/aromatic N) is 4. The van der Waals surface area contributed by atoms with Crippen molar-refractivity contribution in [2.45, 2.75) is 0 Å². The molecule has 0 fully saturated rings. The van der Waals surface area contributed by atoms with Crippen molar-refractivity contribution in [3.8, 4) is 0 Å². The van der Waals surface area contributed by atoms with E-state index in [1.807, 2.05) is 63.6 Å². The van der Waals surface area contributed by atoms with Crippen molar-refractivity contribution in [1.29, 1.82) is 0 Å². The van der Waals surface area contributed by atoms with E-state index in [0.717, 1.165) is 11.4 Å². The second-order valence-corrected chi connectivity index (χ2v) is 4.24. The molecule has 0 saturated heterocycles. The van der Waals surface area contributed by atoms with E-state index in [1.165, 1.54) is 0 Å². The second kappa shape index (κ2) is 7.20. The van der Waals surface area contributed by atoms with Crippen LogP contribution in [0.3, 0.4) is 0 Å². The third kappa shape index (κ3) is 4.83. The predicted molar refractivity (Wildman–Crippen MR) is 80.4 cm³/mol. The van der Waals surface area contributed by atoms with Gasteiger partial charge in [-0.1, -0.05) is 6.58 Å². The molecule has 0 unspecified atom stereocenters. The molecule has 0 aliphatic rings. The summed E-state index contributed by atoms with van der Waals surface area (Å²) in [5.74, 6) is 0.572. The Bertz CT molecular complexity index is 459. The van der Waals surface area contributed by atoms with Gasteiger partial charge < -0.3 is 15.1 Å². The number of anilines is 1. The molecule has 0 spiro atoms. The van der Waals surface area contributed by atoms with Gasteiger partial charge in [0.25, 0.3) is 0 Å². The van der Waals surface area contributed by atoms with Gasteiger partial charge >= 0.3 is 0 Å². The van der Waals surface area contributed by atoms with Crippen LogP contribution in [0.5, 0.6) is 0 Å². The van der Waals surface area contributed by atoms with Crippen molar-refractivity contribution < 1.29 is 0 Å². The van der Waals surface area contributed by atoms with E-state index in [4.69, 9.17) is 0 Å². The third-order valence-corrected chi connectivity index (χ3v) is 2.52. The maximum absolute atomic E-state index is 4.15. The molecule has 0 atom stereocenters. The van der Waals surface area contributed by atoms with Crippen LogP contribution >= 0.6 is 0 Å². The number of hydrogen-bond donors (Lipinski definition) is 1. The van der Waals surface area contributed by atoms with Crippen LogP contribution < -0.4 is 10.2 Å². The van der Waals surface area contributed by atoms with E-state index in [0.29, 0.717) is 5.82 Å². The molecule has 1 aromatic rings. The van der Waals surface area contributed by atoms with Gasteiger partial charge in [0, 0.05) is 46.3 Å². The third-order valence-electron chi connectivity index (χ3n) is 2.52. The summed E-state index contributed by atoms with van der Waals surface area (Å²) in [4.78, 5) is 3.82. The Balaban J connectivity index is 2.65. The summed E-state index contributed by atoms with van der Waals surface area (Å²) >= 11 is 0. The first kappa shape index (κ1) is 14.8. The molecular weight excluding hydrogens is 238 g/mol. The van der Waals surface area contributed by atoms with E-state index in [9.17, 15) is 0 Å². The highest BCUT2D eigenvalue weighted by Gasteiger charge is 1.97. The standard InChI is InChI=1S/C14H21N5/c1-12(19(5)11-10-15-2)16-17-13-6-8-14(9-7-13)18(3)4/h6-11,15H,1H2,2-5H3/b11-10-,17-16?. The first-order valence-corrected chi connectivity index (χ1v) is 5.99. The Morgan fingerprint density at radius 3 is 2.37 bits per heavy atom. The van der Waals surface area contributed by atoms with E-state index in [-0.39, 0.29) is 0 Å². The molecule has 0 amide bonds. The summed E-state index contributed by atoms with van der Waals surface area (Å²) in [6.07, 6.45) is 3.63. The van der Waals surface area contributed by atoms with Crippen LogP contribution in [0.4, 0.5) is 11.4 Å². The fourth-order valence-corrected chi connectivity index (χ4v) is 1.28. The summed E-state index contributed by atoms with van der Waals surface area (Å²) in [5.41, 5.74) is 1.93. The maximum Gasteiger partial charge on any atom is 0.147 e. The molecule has 1 rings (SSSR count). The largest absolute Gasteiger partial charge is 0.393 e. The summed E-state index contributed by atoms with van der Waals surface area (Å²) in [6, 6.07) is 7.86. The van der Waals surface area contributed by atoms with Crippen LogP contribution in [0.25, 0.3) is 0 Å².